The zero-order valence-corrected chi connectivity index (χ0v) is 31.7. The van der Waals surface area contributed by atoms with Crippen molar-refractivity contribution >= 4 is 0 Å². The predicted molar refractivity (Wildman–Crippen MR) is 199 cm³/mol. The first-order valence-electron chi connectivity index (χ1n) is 17.4. The molecule has 0 unspecified atom stereocenters. The Morgan fingerprint density at radius 2 is 0.548 bits per heavy atom. The Balaban J connectivity index is -0.000000581. The average Bonchev–Trinajstić information content (AvgIpc) is 2.83. The number of hydrogen-bond acceptors (Lipinski definition) is 0. The Bertz CT molecular complexity index is 789. The van der Waals surface area contributed by atoms with Crippen LogP contribution in [0.5, 0.6) is 0 Å². The number of allylic oxidation sites excluding steroid dienone is 12. The Hall–Kier alpha value is -1.56. The third kappa shape index (κ3) is 45.4. The van der Waals surface area contributed by atoms with Crippen molar-refractivity contribution in [3.05, 3.63) is 69.9 Å². The fraction of sp³-hybridized carbons (Fsp3) is 0.714. The molecule has 0 aliphatic heterocycles. The molecule has 0 N–H and O–H groups in total. The van der Waals surface area contributed by atoms with Crippen molar-refractivity contribution in [1.82, 2.24) is 0 Å². The lowest BCUT2D eigenvalue weighted by Crippen LogP contribution is -1.85. The SMILES string of the molecule is CC(C)=CCC/C(C)=C/CC/C(C)=C/CCC(C)C.CC(C)=CCC/C(C)=C/CCC(C)C.CC(C)=CCCC(C)C. The van der Waals surface area contributed by atoms with E-state index in [9.17, 15) is 0 Å². The first-order chi connectivity index (χ1) is 19.6. The standard InChI is InChI=1S/C19H34.C14H26.C9H18/c1-16(2)10-7-12-18(5)14-9-15-19(6)13-8-11-17(3)4;1-12(2)8-6-10-14(5)11-7-9-13(3)4;1-8(2)6-5-7-9(3)4/h10,13-14,17H,7-9,11-12,15H2,1-6H3;8,11,13H,6-7,9-10H2,1-5H3;6,9H,5,7H2,1-4H3/b18-14+,19-13+;14-11+;. The van der Waals surface area contributed by atoms with Crippen LogP contribution in [0.15, 0.2) is 69.9 Å². The molecule has 0 bridgehead atoms. The Labute approximate surface area is 268 Å². The highest BCUT2D eigenvalue weighted by Crippen LogP contribution is 2.14. The van der Waals surface area contributed by atoms with E-state index in [2.05, 4.69) is 140 Å². The summed E-state index contributed by atoms with van der Waals surface area (Å²) in [6.45, 7) is 33.4. The van der Waals surface area contributed by atoms with Crippen molar-refractivity contribution in [2.45, 2.75) is 181 Å². The molecule has 0 aromatic rings. The minimum atomic E-state index is 0.821. The highest BCUT2D eigenvalue weighted by Gasteiger charge is 1.95. The molecule has 42 heavy (non-hydrogen) atoms. The van der Waals surface area contributed by atoms with E-state index in [0.29, 0.717) is 0 Å². The van der Waals surface area contributed by atoms with E-state index in [0.717, 1.165) is 17.8 Å². The van der Waals surface area contributed by atoms with E-state index in [-0.39, 0.29) is 0 Å². The second kappa shape index (κ2) is 30.9. The smallest absolute Gasteiger partial charge is 0.0288 e. The van der Waals surface area contributed by atoms with Crippen LogP contribution < -0.4 is 0 Å². The van der Waals surface area contributed by atoms with Gasteiger partial charge in [-0.25, -0.2) is 0 Å². The van der Waals surface area contributed by atoms with Gasteiger partial charge >= 0.3 is 0 Å². The summed E-state index contributed by atoms with van der Waals surface area (Å²) in [5.74, 6) is 2.50. The molecule has 0 radical (unpaired) electrons. The molecule has 0 spiro atoms. The molecule has 0 rings (SSSR count). The van der Waals surface area contributed by atoms with Gasteiger partial charge in [-0.3, -0.25) is 0 Å². The summed E-state index contributed by atoms with van der Waals surface area (Å²) in [6, 6.07) is 0. The van der Waals surface area contributed by atoms with Gasteiger partial charge in [0.15, 0.2) is 0 Å². The van der Waals surface area contributed by atoms with Crippen molar-refractivity contribution in [3.63, 3.8) is 0 Å². The number of hydrogen-bond donors (Lipinski definition) is 0. The molecule has 246 valence electrons. The van der Waals surface area contributed by atoms with Crippen LogP contribution in [0.2, 0.25) is 0 Å². The van der Waals surface area contributed by atoms with Gasteiger partial charge in [-0.15, -0.1) is 0 Å². The summed E-state index contributed by atoms with van der Waals surface area (Å²) < 4.78 is 0. The van der Waals surface area contributed by atoms with E-state index in [1.807, 2.05) is 0 Å². The van der Waals surface area contributed by atoms with Crippen molar-refractivity contribution in [3.8, 4) is 0 Å². The van der Waals surface area contributed by atoms with Crippen LogP contribution in [0.25, 0.3) is 0 Å². The van der Waals surface area contributed by atoms with Gasteiger partial charge < -0.3 is 0 Å². The lowest BCUT2D eigenvalue weighted by Gasteiger charge is -2.03. The maximum atomic E-state index is 2.42. The Morgan fingerprint density at radius 1 is 0.333 bits per heavy atom. The monoisotopic (exact) mass is 583 g/mol. The maximum absolute atomic E-state index is 2.42. The van der Waals surface area contributed by atoms with Crippen molar-refractivity contribution in [1.29, 1.82) is 0 Å². The van der Waals surface area contributed by atoms with Crippen LogP contribution in [0, 0.1) is 17.8 Å². The fourth-order valence-electron chi connectivity index (χ4n) is 4.06. The van der Waals surface area contributed by atoms with Crippen LogP contribution in [-0.2, 0) is 0 Å². The molecular weight excluding hydrogens is 504 g/mol. The Kier molecular flexibility index (Phi) is 33.0. The summed E-state index contributed by atoms with van der Waals surface area (Å²) in [5, 5.41) is 0. The minimum Gasteiger partial charge on any atom is -0.0859 e. The fourth-order valence-corrected chi connectivity index (χ4v) is 4.06. The lowest BCUT2D eigenvalue weighted by atomic mass is 10.0. The summed E-state index contributed by atoms with van der Waals surface area (Å²) >= 11 is 0. The molecule has 0 saturated heterocycles. The Morgan fingerprint density at radius 3 is 0.810 bits per heavy atom. The number of rotatable bonds is 18. The molecule has 0 atom stereocenters. The van der Waals surface area contributed by atoms with Crippen LogP contribution in [0.1, 0.15) is 181 Å². The highest BCUT2D eigenvalue weighted by atomic mass is 14.0. The van der Waals surface area contributed by atoms with E-state index >= 15 is 0 Å². The van der Waals surface area contributed by atoms with E-state index < -0.39 is 0 Å². The first kappa shape index (κ1) is 44.9. The van der Waals surface area contributed by atoms with Gasteiger partial charge in [0, 0.05) is 0 Å². The first-order valence-corrected chi connectivity index (χ1v) is 17.4. The normalized spacial score (nSPS) is 12.0. The molecule has 0 fully saturated rings. The average molecular weight is 583 g/mol. The van der Waals surface area contributed by atoms with Crippen molar-refractivity contribution < 1.29 is 0 Å². The van der Waals surface area contributed by atoms with Gasteiger partial charge in [-0.05, 0) is 157 Å². The van der Waals surface area contributed by atoms with Crippen LogP contribution in [0.3, 0.4) is 0 Å². The second-order valence-electron chi connectivity index (χ2n) is 14.5. The van der Waals surface area contributed by atoms with Crippen molar-refractivity contribution in [2.24, 2.45) is 17.8 Å². The van der Waals surface area contributed by atoms with Crippen LogP contribution in [0.4, 0.5) is 0 Å². The summed E-state index contributed by atoms with van der Waals surface area (Å²) in [4.78, 5) is 0. The molecule has 0 aliphatic carbocycles. The highest BCUT2D eigenvalue weighted by molar-refractivity contribution is 5.05. The maximum Gasteiger partial charge on any atom is -0.0288 e. The summed E-state index contributed by atoms with van der Waals surface area (Å²) in [7, 11) is 0. The summed E-state index contributed by atoms with van der Waals surface area (Å²) in [5.41, 5.74) is 8.93. The third-order valence-corrected chi connectivity index (χ3v) is 6.98. The van der Waals surface area contributed by atoms with Gasteiger partial charge in [-0.2, -0.15) is 0 Å². The molecule has 0 nitrogen and oxygen atoms in total. The summed E-state index contributed by atoms with van der Waals surface area (Å²) in [6.07, 6.45) is 29.1. The quantitative estimate of drug-likeness (QED) is 0.141. The van der Waals surface area contributed by atoms with E-state index in [1.165, 1.54) is 99.3 Å². The molecule has 0 heteroatoms. The van der Waals surface area contributed by atoms with Gasteiger partial charge in [0.05, 0.1) is 0 Å². The predicted octanol–water partition coefficient (Wildman–Crippen LogP) is 15.3. The van der Waals surface area contributed by atoms with Gasteiger partial charge in [0.1, 0.15) is 0 Å². The lowest BCUT2D eigenvalue weighted by molar-refractivity contribution is 0.592. The molecular formula is C42H78. The zero-order chi connectivity index (χ0) is 32.9. The third-order valence-electron chi connectivity index (χ3n) is 6.98. The minimum absolute atomic E-state index is 0.821. The van der Waals surface area contributed by atoms with Gasteiger partial charge in [0.25, 0.3) is 0 Å². The largest absolute Gasteiger partial charge is 0.0859 e. The van der Waals surface area contributed by atoms with Crippen LogP contribution in [-0.4, -0.2) is 0 Å². The van der Waals surface area contributed by atoms with Gasteiger partial charge in [-0.1, -0.05) is 111 Å². The van der Waals surface area contributed by atoms with Crippen LogP contribution >= 0.6 is 0 Å². The second-order valence-corrected chi connectivity index (χ2v) is 14.5. The topological polar surface area (TPSA) is 0 Å². The van der Waals surface area contributed by atoms with E-state index in [4.69, 9.17) is 0 Å². The molecule has 0 aromatic heterocycles. The molecule has 0 aliphatic rings. The molecule has 0 aromatic carbocycles. The zero-order valence-electron chi connectivity index (χ0n) is 31.7. The van der Waals surface area contributed by atoms with Gasteiger partial charge in [0.2, 0.25) is 0 Å². The molecule has 0 saturated carbocycles. The molecule has 0 amide bonds. The van der Waals surface area contributed by atoms with E-state index in [1.54, 1.807) is 11.1 Å². The molecule has 0 heterocycles. The van der Waals surface area contributed by atoms with Crippen molar-refractivity contribution in [2.75, 3.05) is 0 Å².